The summed E-state index contributed by atoms with van der Waals surface area (Å²) >= 11 is 0. The van der Waals surface area contributed by atoms with E-state index in [1.54, 1.807) is 13.0 Å². The quantitative estimate of drug-likeness (QED) is 0.534. The predicted octanol–water partition coefficient (Wildman–Crippen LogP) is 3.84. The molecule has 0 bridgehead atoms. The second kappa shape index (κ2) is 10.4. The first-order valence-electron chi connectivity index (χ1n) is 7.98. The van der Waals surface area contributed by atoms with Gasteiger partial charge in [-0.1, -0.05) is 19.9 Å². The van der Waals surface area contributed by atoms with E-state index in [0.29, 0.717) is 5.56 Å². The van der Waals surface area contributed by atoms with Crippen molar-refractivity contribution in [2.45, 2.75) is 20.8 Å². The van der Waals surface area contributed by atoms with Crippen molar-refractivity contribution in [3.05, 3.63) is 58.9 Å². The molecule has 0 aliphatic rings. The van der Waals surface area contributed by atoms with Gasteiger partial charge in [0.1, 0.15) is 5.82 Å². The highest BCUT2D eigenvalue weighted by atomic mass is 19.2. The predicted molar refractivity (Wildman–Crippen MR) is 92.6 cm³/mol. The molecule has 1 amide bonds. The van der Waals surface area contributed by atoms with E-state index in [0.717, 1.165) is 12.1 Å². The molecule has 8 heteroatoms. The van der Waals surface area contributed by atoms with E-state index in [9.17, 15) is 18.0 Å². The average Bonchev–Trinajstić information content (AvgIpc) is 2.63. The number of hydrogen-bond donors (Lipinski definition) is 3. The van der Waals surface area contributed by atoms with Crippen LogP contribution in [0, 0.1) is 24.4 Å². The van der Waals surface area contributed by atoms with Crippen LogP contribution < -0.4 is 10.8 Å². The minimum atomic E-state index is -1.33. The third-order valence-corrected chi connectivity index (χ3v) is 3.08. The Labute approximate surface area is 149 Å². The van der Waals surface area contributed by atoms with E-state index in [2.05, 4.69) is 10.2 Å². The Balaban J connectivity index is 0.00000163. The van der Waals surface area contributed by atoms with Crippen LogP contribution in [0.25, 0.3) is 0 Å². The van der Waals surface area contributed by atoms with E-state index >= 15 is 0 Å². The van der Waals surface area contributed by atoms with Crippen LogP contribution in [0.1, 0.15) is 29.8 Å². The summed E-state index contributed by atoms with van der Waals surface area (Å²) < 4.78 is 41.5. The van der Waals surface area contributed by atoms with Crippen LogP contribution in [-0.2, 0) is 4.84 Å². The number of aliphatic hydroxyl groups excluding tert-OH is 1. The van der Waals surface area contributed by atoms with E-state index in [4.69, 9.17) is 5.11 Å². The largest absolute Gasteiger partial charge is 0.394 e. The molecule has 0 aliphatic heterocycles. The van der Waals surface area contributed by atoms with Crippen molar-refractivity contribution in [3.63, 3.8) is 0 Å². The third kappa shape index (κ3) is 5.47. The number of anilines is 2. The summed E-state index contributed by atoms with van der Waals surface area (Å²) in [6.07, 6.45) is 0. The van der Waals surface area contributed by atoms with Crippen LogP contribution in [0.3, 0.4) is 0 Å². The monoisotopic (exact) mass is 370 g/mol. The first-order valence-corrected chi connectivity index (χ1v) is 7.98. The number of amides is 1. The lowest BCUT2D eigenvalue weighted by Crippen LogP contribution is -2.26. The molecular weight excluding hydrogens is 349 g/mol. The number of carbonyl (C=O) groups excluding carboxylic acids is 1. The maximum absolute atomic E-state index is 14.1. The van der Waals surface area contributed by atoms with Gasteiger partial charge in [-0.3, -0.25) is 9.63 Å². The lowest BCUT2D eigenvalue weighted by Gasteiger charge is -2.14. The van der Waals surface area contributed by atoms with Gasteiger partial charge < -0.3 is 10.4 Å². The van der Waals surface area contributed by atoms with Crippen molar-refractivity contribution >= 4 is 17.3 Å². The topological polar surface area (TPSA) is 70.6 Å². The van der Waals surface area contributed by atoms with Crippen molar-refractivity contribution < 1.29 is 27.9 Å². The van der Waals surface area contributed by atoms with Gasteiger partial charge in [-0.25, -0.2) is 18.7 Å². The van der Waals surface area contributed by atoms with Crippen LogP contribution in [0.5, 0.6) is 0 Å². The Kier molecular flexibility index (Phi) is 8.60. The fourth-order valence-electron chi connectivity index (χ4n) is 1.94. The standard InChI is InChI=1S/C16H15F3N2O3.C2H6/c1-9-2-5-13(12(18)8-9)20-15-10(3-4-11(17)14(15)19)16(23)21-24-7-6-22;1-2/h2-5,8,20,22H,6-7H2,1H3,(H,21,23);1-2H3. The summed E-state index contributed by atoms with van der Waals surface area (Å²) in [5, 5.41) is 11.0. The second-order valence-corrected chi connectivity index (χ2v) is 4.90. The summed E-state index contributed by atoms with van der Waals surface area (Å²) in [5.41, 5.74) is 1.70. The zero-order chi connectivity index (χ0) is 19.7. The molecule has 0 spiro atoms. The Morgan fingerprint density at radius 3 is 2.42 bits per heavy atom. The van der Waals surface area contributed by atoms with Gasteiger partial charge in [0.2, 0.25) is 0 Å². The number of rotatable bonds is 6. The number of carbonyl (C=O) groups is 1. The summed E-state index contributed by atoms with van der Waals surface area (Å²) in [5.74, 6) is -4.08. The van der Waals surface area contributed by atoms with Gasteiger partial charge >= 0.3 is 0 Å². The van der Waals surface area contributed by atoms with Gasteiger partial charge in [0.25, 0.3) is 5.91 Å². The molecule has 2 rings (SSSR count). The van der Waals surface area contributed by atoms with Gasteiger partial charge in [0.15, 0.2) is 11.6 Å². The zero-order valence-electron chi connectivity index (χ0n) is 14.7. The van der Waals surface area contributed by atoms with Crippen LogP contribution >= 0.6 is 0 Å². The van der Waals surface area contributed by atoms with E-state index in [-0.39, 0.29) is 24.5 Å². The lowest BCUT2D eigenvalue weighted by atomic mass is 10.1. The smallest absolute Gasteiger partial charge is 0.277 e. The molecule has 0 radical (unpaired) electrons. The second-order valence-electron chi connectivity index (χ2n) is 4.90. The molecule has 0 unspecified atom stereocenters. The molecule has 0 saturated carbocycles. The molecule has 2 aromatic rings. The maximum atomic E-state index is 14.1. The average molecular weight is 370 g/mol. The van der Waals surface area contributed by atoms with Crippen molar-refractivity contribution in [2.75, 3.05) is 18.5 Å². The van der Waals surface area contributed by atoms with Crippen molar-refractivity contribution in [2.24, 2.45) is 0 Å². The molecule has 142 valence electrons. The normalized spacial score (nSPS) is 9.96. The number of aryl methyl sites for hydroxylation is 1. The van der Waals surface area contributed by atoms with Crippen LogP contribution in [0.4, 0.5) is 24.5 Å². The number of halogens is 3. The highest BCUT2D eigenvalue weighted by Gasteiger charge is 2.20. The molecule has 0 saturated heterocycles. The SMILES string of the molecule is CC.Cc1ccc(Nc2c(C(=O)NOCCO)ccc(F)c2F)c(F)c1. The highest BCUT2D eigenvalue weighted by molar-refractivity contribution is 5.99. The Morgan fingerprint density at radius 1 is 1.12 bits per heavy atom. The molecule has 0 aliphatic carbocycles. The van der Waals surface area contributed by atoms with Crippen LogP contribution in [0.2, 0.25) is 0 Å². The number of benzene rings is 2. The molecule has 3 N–H and O–H groups in total. The van der Waals surface area contributed by atoms with Crippen molar-refractivity contribution in [1.29, 1.82) is 0 Å². The van der Waals surface area contributed by atoms with Gasteiger partial charge in [0.05, 0.1) is 30.2 Å². The summed E-state index contributed by atoms with van der Waals surface area (Å²) in [7, 11) is 0. The van der Waals surface area contributed by atoms with Gasteiger partial charge in [-0.15, -0.1) is 0 Å². The number of hydroxylamine groups is 1. The van der Waals surface area contributed by atoms with Gasteiger partial charge in [-0.2, -0.15) is 0 Å². The van der Waals surface area contributed by atoms with Crippen LogP contribution in [0.15, 0.2) is 30.3 Å². The minimum Gasteiger partial charge on any atom is -0.394 e. The summed E-state index contributed by atoms with van der Waals surface area (Å²) in [6.45, 7) is 5.16. The lowest BCUT2D eigenvalue weighted by molar-refractivity contribution is 0.0168. The number of hydrogen-bond acceptors (Lipinski definition) is 4. The third-order valence-electron chi connectivity index (χ3n) is 3.08. The number of nitrogens with one attached hydrogen (secondary N) is 2. The minimum absolute atomic E-state index is 0.115. The Bertz CT molecular complexity index is 755. The molecule has 0 heterocycles. The highest BCUT2D eigenvalue weighted by Crippen LogP contribution is 2.28. The van der Waals surface area contributed by atoms with E-state index < -0.39 is 29.0 Å². The van der Waals surface area contributed by atoms with Gasteiger partial charge in [0, 0.05) is 0 Å². The summed E-state index contributed by atoms with van der Waals surface area (Å²) in [4.78, 5) is 16.6. The van der Waals surface area contributed by atoms with Crippen LogP contribution in [-0.4, -0.2) is 24.2 Å². The molecule has 5 nitrogen and oxygen atoms in total. The maximum Gasteiger partial charge on any atom is 0.277 e. The first kappa shape index (κ1) is 21.5. The zero-order valence-corrected chi connectivity index (χ0v) is 14.7. The Morgan fingerprint density at radius 2 is 1.81 bits per heavy atom. The number of aliphatic hydroxyl groups is 1. The molecule has 2 aromatic carbocycles. The molecule has 26 heavy (non-hydrogen) atoms. The molecular formula is C18H21F3N2O3. The van der Waals surface area contributed by atoms with Gasteiger partial charge in [-0.05, 0) is 36.8 Å². The Hall–Kier alpha value is -2.58. The fourth-order valence-corrected chi connectivity index (χ4v) is 1.94. The van der Waals surface area contributed by atoms with Crippen molar-refractivity contribution in [3.8, 4) is 0 Å². The first-order chi connectivity index (χ1) is 12.4. The summed E-state index contributed by atoms with van der Waals surface area (Å²) in [6, 6.07) is 5.94. The van der Waals surface area contributed by atoms with Crippen molar-refractivity contribution in [1.82, 2.24) is 5.48 Å². The molecule has 0 fully saturated rings. The van der Waals surface area contributed by atoms with E-state index in [1.807, 2.05) is 19.3 Å². The molecule has 0 atom stereocenters. The molecule has 0 aromatic heterocycles. The fraction of sp³-hybridized carbons (Fsp3) is 0.278. The van der Waals surface area contributed by atoms with E-state index in [1.165, 1.54) is 12.1 Å².